The third-order valence-electron chi connectivity index (χ3n) is 3.96. The Morgan fingerprint density at radius 1 is 1.15 bits per heavy atom. The van der Waals surface area contributed by atoms with Gasteiger partial charge in [-0.3, -0.25) is 0 Å². The molecule has 0 saturated carbocycles. The van der Waals surface area contributed by atoms with E-state index in [1.807, 2.05) is 13.8 Å². The minimum absolute atomic E-state index is 0.104. The number of esters is 1. The normalized spacial score (nSPS) is 11.6. The Bertz CT molecular complexity index is 904. The predicted molar refractivity (Wildman–Crippen MR) is 111 cm³/mol. The van der Waals surface area contributed by atoms with Gasteiger partial charge in [-0.15, -0.1) is 0 Å². The van der Waals surface area contributed by atoms with Gasteiger partial charge in [-0.25, -0.2) is 4.79 Å². The summed E-state index contributed by atoms with van der Waals surface area (Å²) in [6.07, 6.45) is 1.56. The maximum atomic E-state index is 12.1. The highest BCUT2D eigenvalue weighted by atomic mass is 79.9. The Kier molecular flexibility index (Phi) is 6.95. The molecule has 5 nitrogen and oxygen atoms in total. The third kappa shape index (κ3) is 4.47. The van der Waals surface area contributed by atoms with Crippen LogP contribution in [0.2, 0.25) is 0 Å². The number of rotatable bonds is 5. The molecule has 0 spiro atoms. The lowest BCUT2D eigenvalue weighted by atomic mass is 10.0. The van der Waals surface area contributed by atoms with Gasteiger partial charge in [0, 0.05) is 11.1 Å². The first kappa shape index (κ1) is 21.3. The van der Waals surface area contributed by atoms with E-state index >= 15 is 0 Å². The van der Waals surface area contributed by atoms with Gasteiger partial charge in [0.05, 0.1) is 21.6 Å². The Morgan fingerprint density at radius 3 is 2.37 bits per heavy atom. The summed E-state index contributed by atoms with van der Waals surface area (Å²) in [5.41, 5.74) is 1.22. The number of carbonyl (C=O) groups is 1. The molecule has 0 atom stereocenters. The molecule has 144 valence electrons. The number of ether oxygens (including phenoxy) is 2. The van der Waals surface area contributed by atoms with Crippen LogP contribution in [0.4, 0.5) is 0 Å². The Morgan fingerprint density at radius 2 is 1.81 bits per heavy atom. The lowest BCUT2D eigenvalue weighted by Gasteiger charge is -2.17. The number of methoxy groups -OCH3 is 1. The maximum Gasteiger partial charge on any atom is 0.338 e. The van der Waals surface area contributed by atoms with E-state index in [9.17, 15) is 15.0 Å². The largest absolute Gasteiger partial charge is 0.508 e. The van der Waals surface area contributed by atoms with Crippen LogP contribution in [0.25, 0.3) is 5.57 Å². The molecule has 0 bridgehead atoms. The molecule has 0 fully saturated rings. The van der Waals surface area contributed by atoms with Crippen molar-refractivity contribution in [3.05, 3.63) is 50.4 Å². The summed E-state index contributed by atoms with van der Waals surface area (Å²) in [6, 6.07) is 6.41. The molecule has 2 aromatic rings. The average Bonchev–Trinajstić information content (AvgIpc) is 2.62. The molecule has 0 amide bonds. The number of hydrogen-bond acceptors (Lipinski definition) is 5. The highest BCUT2D eigenvalue weighted by Crippen LogP contribution is 2.46. The second-order valence-corrected chi connectivity index (χ2v) is 7.71. The molecule has 0 radical (unpaired) electrons. The van der Waals surface area contributed by atoms with E-state index < -0.39 is 5.97 Å². The lowest BCUT2D eigenvalue weighted by molar-refractivity contribution is -0.133. The standard InChI is InChI=1S/C20H20Br2O5/c1-5-12(20(25)26-4)17-16(24)9-14(21)19(18(17)22)27-11-6-7-15(23)13(8-11)10(2)3/h5-10,23-24H,1-4H3/b12-5-. The summed E-state index contributed by atoms with van der Waals surface area (Å²) in [5.74, 6) is 0.524. The zero-order valence-corrected chi connectivity index (χ0v) is 18.5. The monoisotopic (exact) mass is 498 g/mol. The maximum absolute atomic E-state index is 12.1. The summed E-state index contributed by atoms with van der Waals surface area (Å²) >= 11 is 6.80. The van der Waals surface area contributed by atoms with E-state index in [2.05, 4.69) is 31.9 Å². The molecule has 0 saturated heterocycles. The highest BCUT2D eigenvalue weighted by molar-refractivity contribution is 9.11. The van der Waals surface area contributed by atoms with Crippen LogP contribution in [0.1, 0.15) is 37.8 Å². The first-order chi connectivity index (χ1) is 12.7. The molecular weight excluding hydrogens is 480 g/mol. The summed E-state index contributed by atoms with van der Waals surface area (Å²) in [4.78, 5) is 12.1. The van der Waals surface area contributed by atoms with Gasteiger partial charge >= 0.3 is 5.97 Å². The number of phenols is 2. The van der Waals surface area contributed by atoms with Crippen molar-refractivity contribution in [3.63, 3.8) is 0 Å². The van der Waals surface area contributed by atoms with Crippen molar-refractivity contribution in [2.75, 3.05) is 7.11 Å². The zero-order chi connectivity index (χ0) is 20.3. The van der Waals surface area contributed by atoms with E-state index in [0.29, 0.717) is 20.4 Å². The van der Waals surface area contributed by atoms with Gasteiger partial charge in [0.2, 0.25) is 0 Å². The van der Waals surface area contributed by atoms with Gasteiger partial charge in [0.25, 0.3) is 0 Å². The molecule has 2 aromatic carbocycles. The fourth-order valence-electron chi connectivity index (χ4n) is 2.59. The van der Waals surface area contributed by atoms with Gasteiger partial charge in [-0.1, -0.05) is 19.9 Å². The van der Waals surface area contributed by atoms with E-state index in [1.165, 1.54) is 13.2 Å². The number of aromatic hydroxyl groups is 2. The molecule has 0 aliphatic heterocycles. The first-order valence-corrected chi connectivity index (χ1v) is 9.76. The minimum atomic E-state index is -0.575. The summed E-state index contributed by atoms with van der Waals surface area (Å²) in [6.45, 7) is 5.62. The van der Waals surface area contributed by atoms with Crippen molar-refractivity contribution in [1.29, 1.82) is 0 Å². The zero-order valence-electron chi connectivity index (χ0n) is 15.3. The molecular formula is C20H20Br2O5. The molecule has 27 heavy (non-hydrogen) atoms. The molecule has 0 aromatic heterocycles. The SMILES string of the molecule is C/C=C(\C(=O)OC)c1c(O)cc(Br)c(Oc2ccc(O)c(C(C)C)c2)c1Br. The highest BCUT2D eigenvalue weighted by Gasteiger charge is 2.24. The minimum Gasteiger partial charge on any atom is -0.508 e. The second kappa shape index (κ2) is 8.80. The third-order valence-corrected chi connectivity index (χ3v) is 5.31. The van der Waals surface area contributed by atoms with Crippen LogP contribution in [-0.2, 0) is 9.53 Å². The molecule has 0 aliphatic rings. The summed E-state index contributed by atoms with van der Waals surface area (Å²) in [5, 5.41) is 20.4. The van der Waals surface area contributed by atoms with Crippen LogP contribution < -0.4 is 4.74 Å². The molecule has 0 aliphatic carbocycles. The van der Waals surface area contributed by atoms with Crippen molar-refractivity contribution in [2.45, 2.75) is 26.7 Å². The van der Waals surface area contributed by atoms with Gasteiger partial charge in [-0.05, 0) is 69.0 Å². The number of allylic oxidation sites excluding steroid dienone is 1. The average molecular weight is 500 g/mol. The van der Waals surface area contributed by atoms with Gasteiger partial charge in [0.15, 0.2) is 5.75 Å². The fourth-order valence-corrected chi connectivity index (χ4v) is 4.06. The number of halogens is 2. The second-order valence-electron chi connectivity index (χ2n) is 6.07. The van der Waals surface area contributed by atoms with Crippen LogP contribution in [-0.4, -0.2) is 23.3 Å². The quantitative estimate of drug-likeness (QED) is 0.383. The first-order valence-electron chi connectivity index (χ1n) is 8.17. The van der Waals surface area contributed by atoms with Crippen LogP contribution in [0.3, 0.4) is 0 Å². The Balaban J connectivity index is 2.57. The van der Waals surface area contributed by atoms with Crippen LogP contribution >= 0.6 is 31.9 Å². The van der Waals surface area contributed by atoms with E-state index in [0.717, 1.165) is 5.56 Å². The predicted octanol–water partition coefficient (Wildman–Crippen LogP) is 6.11. The Labute approximate surface area is 174 Å². The van der Waals surface area contributed by atoms with Crippen molar-refractivity contribution in [2.24, 2.45) is 0 Å². The number of benzene rings is 2. The number of phenolic OH excluding ortho intramolecular Hbond substituents is 2. The van der Waals surface area contributed by atoms with Crippen LogP contribution in [0.5, 0.6) is 23.0 Å². The lowest BCUT2D eigenvalue weighted by Crippen LogP contribution is -2.05. The molecule has 2 rings (SSSR count). The van der Waals surface area contributed by atoms with Crippen molar-refractivity contribution >= 4 is 43.4 Å². The molecule has 7 heteroatoms. The summed E-state index contributed by atoms with van der Waals surface area (Å²) < 4.78 is 11.7. The number of carbonyl (C=O) groups excluding carboxylic acids is 1. The van der Waals surface area contributed by atoms with Crippen molar-refractivity contribution < 1.29 is 24.5 Å². The topological polar surface area (TPSA) is 76.0 Å². The van der Waals surface area contributed by atoms with Crippen molar-refractivity contribution in [1.82, 2.24) is 0 Å². The van der Waals surface area contributed by atoms with Gasteiger partial charge in [0.1, 0.15) is 17.2 Å². The molecule has 0 heterocycles. The van der Waals surface area contributed by atoms with Crippen LogP contribution in [0.15, 0.2) is 39.3 Å². The fraction of sp³-hybridized carbons (Fsp3) is 0.250. The van der Waals surface area contributed by atoms with E-state index in [1.54, 1.807) is 31.2 Å². The molecule has 2 N–H and O–H groups in total. The van der Waals surface area contributed by atoms with E-state index in [-0.39, 0.29) is 28.6 Å². The van der Waals surface area contributed by atoms with Crippen LogP contribution in [0, 0.1) is 0 Å². The van der Waals surface area contributed by atoms with E-state index in [4.69, 9.17) is 9.47 Å². The smallest absolute Gasteiger partial charge is 0.338 e. The van der Waals surface area contributed by atoms with Gasteiger partial charge < -0.3 is 19.7 Å². The molecule has 0 unspecified atom stereocenters. The Hall–Kier alpha value is -1.99. The van der Waals surface area contributed by atoms with Gasteiger partial charge in [-0.2, -0.15) is 0 Å². The van der Waals surface area contributed by atoms with Crippen molar-refractivity contribution in [3.8, 4) is 23.0 Å². The summed E-state index contributed by atoms with van der Waals surface area (Å²) in [7, 11) is 1.27. The number of hydrogen-bond donors (Lipinski definition) is 2.